The summed E-state index contributed by atoms with van der Waals surface area (Å²) >= 11 is 0. The SMILES string of the molecule is CC(O)(CO)CNCc1cncn1C1CC1. The van der Waals surface area contributed by atoms with Crippen LogP contribution in [-0.4, -0.2) is 38.5 Å². The summed E-state index contributed by atoms with van der Waals surface area (Å²) in [5.41, 5.74) is 0.0842. The van der Waals surface area contributed by atoms with E-state index in [2.05, 4.69) is 14.9 Å². The lowest BCUT2D eigenvalue weighted by Gasteiger charge is -2.20. The van der Waals surface area contributed by atoms with E-state index in [9.17, 15) is 5.11 Å². The van der Waals surface area contributed by atoms with Gasteiger partial charge in [-0.1, -0.05) is 0 Å². The van der Waals surface area contributed by atoms with Crippen LogP contribution in [0.25, 0.3) is 0 Å². The van der Waals surface area contributed by atoms with Gasteiger partial charge in [0.05, 0.1) is 24.2 Å². The largest absolute Gasteiger partial charge is 0.393 e. The highest BCUT2D eigenvalue weighted by molar-refractivity contribution is 5.03. The standard InChI is InChI=1S/C11H19N3O2/c1-11(16,7-15)6-12-4-10-5-13-8-14(10)9-2-3-9/h5,8-9,12,15-16H,2-4,6-7H2,1H3. The van der Waals surface area contributed by atoms with Crippen molar-refractivity contribution < 1.29 is 10.2 Å². The Morgan fingerprint density at radius 3 is 3.00 bits per heavy atom. The predicted molar refractivity (Wildman–Crippen MR) is 59.9 cm³/mol. The first-order valence-electron chi connectivity index (χ1n) is 5.67. The molecule has 90 valence electrons. The summed E-state index contributed by atoms with van der Waals surface area (Å²) in [6.07, 6.45) is 6.17. The molecular formula is C11H19N3O2. The number of hydrogen-bond donors (Lipinski definition) is 3. The monoisotopic (exact) mass is 225 g/mol. The van der Waals surface area contributed by atoms with Gasteiger partial charge in [0.2, 0.25) is 0 Å². The molecule has 5 nitrogen and oxygen atoms in total. The molecule has 1 aromatic heterocycles. The Morgan fingerprint density at radius 1 is 1.62 bits per heavy atom. The highest BCUT2D eigenvalue weighted by Crippen LogP contribution is 2.35. The molecule has 0 bridgehead atoms. The molecule has 5 heteroatoms. The summed E-state index contributed by atoms with van der Waals surface area (Å²) in [6, 6.07) is 0.623. The second-order valence-electron chi connectivity index (χ2n) is 4.78. The van der Waals surface area contributed by atoms with Gasteiger partial charge in [0.15, 0.2) is 0 Å². The van der Waals surface area contributed by atoms with Gasteiger partial charge >= 0.3 is 0 Å². The molecule has 1 unspecified atom stereocenters. The van der Waals surface area contributed by atoms with Gasteiger partial charge in [-0.15, -0.1) is 0 Å². The molecule has 16 heavy (non-hydrogen) atoms. The van der Waals surface area contributed by atoms with E-state index in [0.717, 1.165) is 5.69 Å². The number of aliphatic hydroxyl groups is 2. The van der Waals surface area contributed by atoms with Crippen LogP contribution in [0.15, 0.2) is 12.5 Å². The minimum Gasteiger partial charge on any atom is -0.393 e. The third-order valence-electron chi connectivity index (χ3n) is 2.84. The summed E-state index contributed by atoms with van der Waals surface area (Å²) in [5.74, 6) is 0. The van der Waals surface area contributed by atoms with Crippen molar-refractivity contribution >= 4 is 0 Å². The average Bonchev–Trinajstić information content (AvgIpc) is 2.99. The number of nitrogens with one attached hydrogen (secondary N) is 1. The summed E-state index contributed by atoms with van der Waals surface area (Å²) in [6.45, 7) is 2.42. The Kier molecular flexibility index (Phi) is 3.28. The van der Waals surface area contributed by atoms with E-state index in [-0.39, 0.29) is 6.61 Å². The first kappa shape index (κ1) is 11.6. The third kappa shape index (κ3) is 2.81. The van der Waals surface area contributed by atoms with Crippen LogP contribution in [0.3, 0.4) is 0 Å². The van der Waals surface area contributed by atoms with Crippen LogP contribution in [0.5, 0.6) is 0 Å². The molecular weight excluding hydrogens is 206 g/mol. The van der Waals surface area contributed by atoms with E-state index in [1.807, 2.05) is 12.5 Å². The van der Waals surface area contributed by atoms with Crippen LogP contribution in [-0.2, 0) is 6.54 Å². The third-order valence-corrected chi connectivity index (χ3v) is 2.84. The van der Waals surface area contributed by atoms with Crippen LogP contribution >= 0.6 is 0 Å². The average molecular weight is 225 g/mol. The Bertz CT molecular complexity index is 345. The fourth-order valence-corrected chi connectivity index (χ4v) is 1.67. The van der Waals surface area contributed by atoms with Gasteiger partial charge < -0.3 is 20.1 Å². The van der Waals surface area contributed by atoms with Crippen molar-refractivity contribution in [1.29, 1.82) is 0 Å². The molecule has 1 atom stereocenters. The summed E-state index contributed by atoms with van der Waals surface area (Å²) in [4.78, 5) is 4.13. The van der Waals surface area contributed by atoms with Gasteiger partial charge in [-0.05, 0) is 19.8 Å². The molecule has 1 aromatic rings. The zero-order valence-corrected chi connectivity index (χ0v) is 9.56. The van der Waals surface area contributed by atoms with Crippen LogP contribution < -0.4 is 5.32 Å². The normalized spacial score (nSPS) is 19.7. The van der Waals surface area contributed by atoms with Crippen LogP contribution in [0.2, 0.25) is 0 Å². The minimum absolute atomic E-state index is 0.234. The smallest absolute Gasteiger partial charge is 0.0972 e. The molecule has 1 saturated carbocycles. The van der Waals surface area contributed by atoms with Crippen molar-refractivity contribution in [3.05, 3.63) is 18.2 Å². The van der Waals surface area contributed by atoms with Crippen molar-refractivity contribution in [2.24, 2.45) is 0 Å². The molecule has 0 amide bonds. The zero-order chi connectivity index (χ0) is 11.6. The van der Waals surface area contributed by atoms with Gasteiger partial charge in [-0.25, -0.2) is 4.98 Å². The number of nitrogens with zero attached hydrogens (tertiary/aromatic N) is 2. The van der Waals surface area contributed by atoms with E-state index >= 15 is 0 Å². The lowest BCUT2D eigenvalue weighted by atomic mass is 10.1. The molecule has 1 heterocycles. The lowest BCUT2D eigenvalue weighted by Crippen LogP contribution is -2.40. The van der Waals surface area contributed by atoms with Gasteiger partial charge in [-0.3, -0.25) is 0 Å². The lowest BCUT2D eigenvalue weighted by molar-refractivity contribution is 0.00244. The first-order valence-corrected chi connectivity index (χ1v) is 5.67. The van der Waals surface area contributed by atoms with Crippen LogP contribution in [0.4, 0.5) is 0 Å². The van der Waals surface area contributed by atoms with Crippen LogP contribution in [0, 0.1) is 0 Å². The molecule has 0 saturated heterocycles. The second-order valence-corrected chi connectivity index (χ2v) is 4.78. The molecule has 0 aromatic carbocycles. The van der Waals surface area contributed by atoms with E-state index < -0.39 is 5.60 Å². The van der Waals surface area contributed by atoms with Crippen molar-refractivity contribution in [3.8, 4) is 0 Å². The van der Waals surface area contributed by atoms with E-state index in [1.54, 1.807) is 6.92 Å². The molecule has 2 rings (SSSR count). The Labute approximate surface area is 95.1 Å². The Balaban J connectivity index is 1.83. The summed E-state index contributed by atoms with van der Waals surface area (Å²) in [5, 5.41) is 21.6. The Morgan fingerprint density at radius 2 is 2.38 bits per heavy atom. The van der Waals surface area contributed by atoms with E-state index in [1.165, 1.54) is 12.8 Å². The van der Waals surface area contributed by atoms with Crippen molar-refractivity contribution in [2.45, 2.75) is 38.0 Å². The maximum Gasteiger partial charge on any atom is 0.0972 e. The second kappa shape index (κ2) is 4.53. The van der Waals surface area contributed by atoms with Crippen molar-refractivity contribution in [1.82, 2.24) is 14.9 Å². The molecule has 1 aliphatic carbocycles. The molecule has 0 spiro atoms. The number of aliphatic hydroxyl groups excluding tert-OH is 1. The quantitative estimate of drug-likeness (QED) is 0.640. The zero-order valence-electron chi connectivity index (χ0n) is 9.56. The first-order chi connectivity index (χ1) is 7.62. The van der Waals surface area contributed by atoms with Crippen molar-refractivity contribution in [3.63, 3.8) is 0 Å². The molecule has 1 fully saturated rings. The Hall–Kier alpha value is -0.910. The number of rotatable bonds is 6. The van der Waals surface area contributed by atoms with E-state index in [4.69, 9.17) is 5.11 Å². The van der Waals surface area contributed by atoms with Gasteiger partial charge in [0, 0.05) is 25.3 Å². The maximum atomic E-state index is 9.61. The molecule has 3 N–H and O–H groups in total. The van der Waals surface area contributed by atoms with Crippen molar-refractivity contribution in [2.75, 3.05) is 13.2 Å². The molecule has 0 radical (unpaired) electrons. The van der Waals surface area contributed by atoms with Gasteiger partial charge in [0.1, 0.15) is 0 Å². The van der Waals surface area contributed by atoms with Gasteiger partial charge in [-0.2, -0.15) is 0 Å². The predicted octanol–water partition coefficient (Wildman–Crippen LogP) is 0.0509. The molecule has 0 aliphatic heterocycles. The fraction of sp³-hybridized carbons (Fsp3) is 0.727. The number of imidazole rings is 1. The molecule has 1 aliphatic rings. The minimum atomic E-state index is -1.05. The fourth-order valence-electron chi connectivity index (χ4n) is 1.67. The summed E-state index contributed by atoms with van der Waals surface area (Å²) in [7, 11) is 0. The highest BCUT2D eigenvalue weighted by atomic mass is 16.3. The van der Waals surface area contributed by atoms with E-state index in [0.29, 0.717) is 19.1 Å². The number of hydrogen-bond acceptors (Lipinski definition) is 4. The topological polar surface area (TPSA) is 70.3 Å². The maximum absolute atomic E-state index is 9.61. The van der Waals surface area contributed by atoms with Gasteiger partial charge in [0.25, 0.3) is 0 Å². The number of aromatic nitrogens is 2. The van der Waals surface area contributed by atoms with Crippen LogP contribution in [0.1, 0.15) is 31.5 Å². The highest BCUT2D eigenvalue weighted by Gasteiger charge is 2.25. The summed E-state index contributed by atoms with van der Waals surface area (Å²) < 4.78 is 2.18.